The van der Waals surface area contributed by atoms with Crippen LogP contribution in [0.2, 0.25) is 0 Å². The smallest absolute Gasteiger partial charge is 0.407 e. The lowest BCUT2D eigenvalue weighted by Gasteiger charge is -2.47. The van der Waals surface area contributed by atoms with Crippen LogP contribution < -0.4 is 0 Å². The molecule has 1 unspecified atom stereocenters. The van der Waals surface area contributed by atoms with Crippen LogP contribution in [0.1, 0.15) is 79.8 Å². The minimum Gasteiger partial charge on any atom is -0.508 e. The maximum absolute atomic E-state index is 14.8. The predicted octanol–water partition coefficient (Wildman–Crippen LogP) is 4.70. The molecule has 0 radical (unpaired) electrons. The third-order valence-corrected chi connectivity index (χ3v) is 10.6. The number of nitrogens with zero attached hydrogens (tertiary/aromatic N) is 4. The summed E-state index contributed by atoms with van der Waals surface area (Å²) in [6.45, 7) is 8.26. The molecule has 3 heterocycles. The lowest BCUT2D eigenvalue weighted by Crippen LogP contribution is -2.59. The SMILES string of the molecule is CCOC(=O)CN(C(C)=O)[C@@H]1CN(CCOC)C[C@H](C(=O)c2cccc(O)c2)[C@H]1c1cccc(F)c1C.O=C(C1CCCCN1C(=O)O)N1CCCCC1. The van der Waals surface area contributed by atoms with E-state index in [9.17, 15) is 33.5 Å². The molecule has 296 valence electrons. The van der Waals surface area contributed by atoms with Gasteiger partial charge in [0, 0.05) is 70.7 Å². The first-order chi connectivity index (χ1) is 25.9. The van der Waals surface area contributed by atoms with E-state index < -0.39 is 41.8 Å². The molecule has 2 N–H and O–H groups in total. The first-order valence-corrected chi connectivity index (χ1v) is 18.9. The number of ketones is 1. The lowest BCUT2D eigenvalue weighted by molar-refractivity contribution is -0.151. The topological polar surface area (TPSA) is 157 Å². The van der Waals surface area contributed by atoms with Gasteiger partial charge in [-0.3, -0.25) is 29.0 Å². The molecule has 2 aromatic rings. The number of carbonyl (C=O) groups excluding carboxylic acids is 4. The number of halogens is 1. The number of piperidine rings is 3. The molecule has 5 rings (SSSR count). The zero-order chi connectivity index (χ0) is 39.4. The van der Waals surface area contributed by atoms with E-state index in [1.807, 2.05) is 9.80 Å². The van der Waals surface area contributed by atoms with Crippen molar-refractivity contribution >= 4 is 29.7 Å². The summed E-state index contributed by atoms with van der Waals surface area (Å²) in [5.41, 5.74) is 1.30. The number of carboxylic acid groups (broad SMARTS) is 1. The molecule has 3 fully saturated rings. The number of rotatable bonds is 11. The Morgan fingerprint density at radius 3 is 2.31 bits per heavy atom. The second kappa shape index (κ2) is 20.2. The van der Waals surface area contributed by atoms with Crippen molar-refractivity contribution < 1.29 is 48.0 Å². The number of methoxy groups -OCH3 is 1. The molecule has 3 amide bonds. The third kappa shape index (κ3) is 10.8. The zero-order valence-electron chi connectivity index (χ0n) is 31.9. The molecule has 3 aliphatic heterocycles. The Kier molecular flexibility index (Phi) is 15.8. The van der Waals surface area contributed by atoms with E-state index in [2.05, 4.69) is 0 Å². The largest absolute Gasteiger partial charge is 0.508 e. The van der Waals surface area contributed by atoms with E-state index in [0.29, 0.717) is 55.9 Å². The van der Waals surface area contributed by atoms with Gasteiger partial charge in [-0.15, -0.1) is 0 Å². The highest BCUT2D eigenvalue weighted by atomic mass is 19.1. The number of ether oxygens (including phenoxy) is 2. The highest BCUT2D eigenvalue weighted by Gasteiger charge is 2.46. The Labute approximate surface area is 317 Å². The molecule has 0 bridgehead atoms. The summed E-state index contributed by atoms with van der Waals surface area (Å²) < 4.78 is 25.2. The van der Waals surface area contributed by atoms with Gasteiger partial charge in [-0.2, -0.15) is 0 Å². The molecule has 4 atom stereocenters. The second-order valence-corrected chi connectivity index (χ2v) is 14.1. The predicted molar refractivity (Wildman–Crippen MR) is 199 cm³/mol. The van der Waals surface area contributed by atoms with Gasteiger partial charge in [0.25, 0.3) is 0 Å². The summed E-state index contributed by atoms with van der Waals surface area (Å²) in [7, 11) is 1.58. The highest BCUT2D eigenvalue weighted by molar-refractivity contribution is 5.99. The van der Waals surface area contributed by atoms with Gasteiger partial charge in [0.2, 0.25) is 11.8 Å². The van der Waals surface area contributed by atoms with Crippen molar-refractivity contribution in [2.24, 2.45) is 5.92 Å². The van der Waals surface area contributed by atoms with Crippen LogP contribution in [0.3, 0.4) is 0 Å². The normalized spacial score (nSPS) is 21.7. The lowest BCUT2D eigenvalue weighted by atomic mass is 9.72. The molecule has 13 nitrogen and oxygen atoms in total. The van der Waals surface area contributed by atoms with Crippen molar-refractivity contribution in [3.63, 3.8) is 0 Å². The van der Waals surface area contributed by atoms with Crippen LogP contribution in [0.4, 0.5) is 9.18 Å². The van der Waals surface area contributed by atoms with Gasteiger partial charge in [-0.25, -0.2) is 9.18 Å². The van der Waals surface area contributed by atoms with E-state index in [0.717, 1.165) is 38.8 Å². The first kappa shape index (κ1) is 42.2. The highest BCUT2D eigenvalue weighted by Crippen LogP contribution is 2.40. The molecule has 14 heteroatoms. The summed E-state index contributed by atoms with van der Waals surface area (Å²) in [5, 5.41) is 19.1. The van der Waals surface area contributed by atoms with E-state index in [1.165, 1.54) is 41.3 Å². The average molecular weight is 755 g/mol. The number of Topliss-reactive ketones (excluding diaryl/α,β-unsaturated/α-hetero) is 1. The molecule has 3 saturated heterocycles. The van der Waals surface area contributed by atoms with Crippen molar-refractivity contribution in [3.05, 3.63) is 65.0 Å². The number of phenols is 1. The van der Waals surface area contributed by atoms with Gasteiger partial charge in [0.05, 0.1) is 19.3 Å². The van der Waals surface area contributed by atoms with Crippen molar-refractivity contribution in [3.8, 4) is 5.75 Å². The summed E-state index contributed by atoms with van der Waals surface area (Å²) in [5.74, 6) is -2.89. The van der Waals surface area contributed by atoms with Gasteiger partial charge in [0.15, 0.2) is 5.78 Å². The van der Waals surface area contributed by atoms with Crippen LogP contribution in [-0.2, 0) is 23.9 Å². The summed E-state index contributed by atoms with van der Waals surface area (Å²) in [4.78, 5) is 69.4. The molecule has 54 heavy (non-hydrogen) atoms. The number of hydrogen-bond acceptors (Lipinski definition) is 9. The van der Waals surface area contributed by atoms with Gasteiger partial charge < -0.3 is 29.5 Å². The number of benzene rings is 2. The average Bonchev–Trinajstić information content (AvgIpc) is 3.17. The number of phenolic OH excluding ortho intramolecular Hbond substituents is 1. The van der Waals surface area contributed by atoms with Gasteiger partial charge in [0.1, 0.15) is 24.2 Å². The summed E-state index contributed by atoms with van der Waals surface area (Å²) >= 11 is 0. The van der Waals surface area contributed by atoms with E-state index in [-0.39, 0.29) is 36.5 Å². The molecule has 0 aliphatic carbocycles. The maximum atomic E-state index is 14.8. The quantitative estimate of drug-likeness (QED) is 0.244. The van der Waals surface area contributed by atoms with Crippen LogP contribution in [-0.4, -0.2) is 138 Å². The Hall–Kier alpha value is -4.56. The van der Waals surface area contributed by atoms with Crippen LogP contribution in [0.25, 0.3) is 0 Å². The van der Waals surface area contributed by atoms with Crippen LogP contribution >= 0.6 is 0 Å². The molecule has 0 saturated carbocycles. The summed E-state index contributed by atoms with van der Waals surface area (Å²) in [6.07, 6.45) is 4.82. The van der Waals surface area contributed by atoms with Gasteiger partial charge in [-0.1, -0.05) is 24.3 Å². The number of amides is 3. The summed E-state index contributed by atoms with van der Waals surface area (Å²) in [6, 6.07) is 9.77. The molecule has 0 spiro atoms. The maximum Gasteiger partial charge on any atom is 0.407 e. The molecular weight excluding hydrogens is 699 g/mol. The first-order valence-electron chi connectivity index (χ1n) is 18.9. The zero-order valence-corrected chi connectivity index (χ0v) is 31.9. The Morgan fingerprint density at radius 1 is 0.963 bits per heavy atom. The van der Waals surface area contributed by atoms with Crippen LogP contribution in [0, 0.1) is 18.7 Å². The fraction of sp³-hybridized carbons (Fsp3) is 0.575. The number of likely N-dealkylation sites (tertiary alicyclic amines) is 3. The standard InChI is InChI=1S/C28H35FN2O6.C12H20N2O3/c1-5-37-26(34)17-31(19(3)32)25-16-30(12-13-36-4)15-23(28(35)20-8-6-9-21(33)14-20)27(25)22-10-7-11-24(29)18(22)2;15-11(13-7-3-1-4-8-13)10-6-2-5-9-14(10)12(16)17/h6-11,14,23,25,27,33H,5,12-13,15-17H2,1-4H3;10H,1-9H2,(H,16,17)/t23-,25+,27+;/m0./s1. The number of hydrogen-bond donors (Lipinski definition) is 2. The minimum atomic E-state index is -0.958. The van der Waals surface area contributed by atoms with E-state index in [4.69, 9.17) is 14.6 Å². The second-order valence-electron chi connectivity index (χ2n) is 14.1. The Balaban J connectivity index is 0.000000317. The number of carbonyl (C=O) groups is 5. The van der Waals surface area contributed by atoms with E-state index >= 15 is 0 Å². The van der Waals surface area contributed by atoms with Gasteiger partial charge >= 0.3 is 12.1 Å². The number of esters is 1. The van der Waals surface area contributed by atoms with Crippen LogP contribution in [0.15, 0.2) is 42.5 Å². The molecule has 0 aromatic heterocycles. The van der Waals surface area contributed by atoms with Crippen molar-refractivity contribution in [1.29, 1.82) is 0 Å². The molecular formula is C40H55FN4O9. The van der Waals surface area contributed by atoms with Crippen molar-refractivity contribution in [1.82, 2.24) is 19.6 Å². The minimum absolute atomic E-state index is 0.0202. The van der Waals surface area contributed by atoms with Crippen LogP contribution in [0.5, 0.6) is 5.75 Å². The number of aromatic hydroxyl groups is 1. The third-order valence-electron chi connectivity index (χ3n) is 10.6. The van der Waals surface area contributed by atoms with E-state index in [1.54, 1.807) is 45.2 Å². The van der Waals surface area contributed by atoms with Crippen molar-refractivity contribution in [2.75, 3.05) is 66.1 Å². The fourth-order valence-electron chi connectivity index (χ4n) is 7.89. The van der Waals surface area contributed by atoms with Crippen molar-refractivity contribution in [2.45, 2.75) is 77.3 Å². The van der Waals surface area contributed by atoms with Gasteiger partial charge in [-0.05, 0) is 81.7 Å². The molecule has 3 aliphatic rings. The monoisotopic (exact) mass is 754 g/mol. The Morgan fingerprint density at radius 2 is 1.67 bits per heavy atom. The Bertz CT molecular complexity index is 1620. The molecule has 2 aromatic carbocycles. The fourth-order valence-corrected chi connectivity index (χ4v) is 7.89.